The van der Waals surface area contributed by atoms with Gasteiger partial charge >= 0.3 is 0 Å². The van der Waals surface area contributed by atoms with Crippen LogP contribution in [0.4, 0.5) is 5.69 Å². The van der Waals surface area contributed by atoms with Crippen molar-refractivity contribution >= 4 is 44.8 Å². The third-order valence-corrected chi connectivity index (χ3v) is 7.67. The monoisotopic (exact) mass is 494 g/mol. The Hall–Kier alpha value is -2.46. The van der Waals surface area contributed by atoms with Crippen LogP contribution in [0.25, 0.3) is 11.4 Å². The maximum Gasteiger partial charge on any atom is 0.244 e. The van der Waals surface area contributed by atoms with E-state index in [1.54, 1.807) is 30.3 Å². The molecule has 1 amide bonds. The Balaban J connectivity index is 1.39. The second-order valence-corrected chi connectivity index (χ2v) is 10.1. The van der Waals surface area contributed by atoms with Gasteiger partial charge in [-0.05, 0) is 55.3 Å². The topological polar surface area (TPSA) is 105 Å². The number of aromatic nitrogens is 2. The Kier molecular flexibility index (Phi) is 6.80. The SMILES string of the molecule is O=C(CCc1nc(-c2ccc(Cl)cc2)no1)Nc1ccc(Cl)c(S(=O)(=O)N2CCCC2)c1. The number of amides is 1. The van der Waals surface area contributed by atoms with Crippen LogP contribution in [0.1, 0.15) is 25.2 Å². The van der Waals surface area contributed by atoms with Crippen molar-refractivity contribution in [3.63, 3.8) is 0 Å². The second-order valence-electron chi connectivity index (χ2n) is 7.32. The van der Waals surface area contributed by atoms with Crippen LogP contribution in [-0.4, -0.2) is 41.9 Å². The Morgan fingerprint density at radius 3 is 2.53 bits per heavy atom. The van der Waals surface area contributed by atoms with Crippen LogP contribution >= 0.6 is 23.2 Å². The molecular weight excluding hydrogens is 475 g/mol. The lowest BCUT2D eigenvalue weighted by Crippen LogP contribution is -2.28. The lowest BCUT2D eigenvalue weighted by atomic mass is 10.2. The molecule has 1 saturated heterocycles. The van der Waals surface area contributed by atoms with Crippen molar-refractivity contribution in [2.24, 2.45) is 0 Å². The number of halogens is 2. The summed E-state index contributed by atoms with van der Waals surface area (Å²) < 4.78 is 32.3. The smallest absolute Gasteiger partial charge is 0.244 e. The largest absolute Gasteiger partial charge is 0.339 e. The van der Waals surface area contributed by atoms with Crippen molar-refractivity contribution in [1.29, 1.82) is 0 Å². The number of hydrogen-bond donors (Lipinski definition) is 1. The predicted molar refractivity (Wildman–Crippen MR) is 121 cm³/mol. The summed E-state index contributed by atoms with van der Waals surface area (Å²) in [5.74, 6) is 0.410. The van der Waals surface area contributed by atoms with Gasteiger partial charge < -0.3 is 9.84 Å². The molecule has 0 aliphatic carbocycles. The third-order valence-electron chi connectivity index (χ3n) is 5.03. The quantitative estimate of drug-likeness (QED) is 0.521. The van der Waals surface area contributed by atoms with Crippen molar-refractivity contribution in [2.75, 3.05) is 18.4 Å². The van der Waals surface area contributed by atoms with Gasteiger partial charge in [-0.1, -0.05) is 28.4 Å². The second kappa shape index (κ2) is 9.58. The highest BCUT2D eigenvalue weighted by Gasteiger charge is 2.29. The van der Waals surface area contributed by atoms with Crippen LogP contribution in [0.2, 0.25) is 10.0 Å². The summed E-state index contributed by atoms with van der Waals surface area (Å²) >= 11 is 12.0. The average molecular weight is 495 g/mol. The number of rotatable bonds is 7. The van der Waals surface area contributed by atoms with E-state index in [2.05, 4.69) is 15.5 Å². The highest BCUT2D eigenvalue weighted by atomic mass is 35.5. The van der Waals surface area contributed by atoms with E-state index in [4.69, 9.17) is 27.7 Å². The average Bonchev–Trinajstić information content (AvgIpc) is 3.47. The van der Waals surface area contributed by atoms with Gasteiger partial charge in [-0.2, -0.15) is 9.29 Å². The van der Waals surface area contributed by atoms with Gasteiger partial charge in [0.2, 0.25) is 27.6 Å². The van der Waals surface area contributed by atoms with Crippen LogP contribution < -0.4 is 5.32 Å². The fraction of sp³-hybridized carbons (Fsp3) is 0.286. The zero-order valence-corrected chi connectivity index (χ0v) is 19.3. The van der Waals surface area contributed by atoms with Crippen molar-refractivity contribution in [3.8, 4) is 11.4 Å². The first-order chi connectivity index (χ1) is 15.3. The maximum absolute atomic E-state index is 12.8. The molecule has 0 atom stereocenters. The fourth-order valence-electron chi connectivity index (χ4n) is 3.36. The van der Waals surface area contributed by atoms with Gasteiger partial charge in [-0.3, -0.25) is 4.79 Å². The minimum Gasteiger partial charge on any atom is -0.339 e. The van der Waals surface area contributed by atoms with Crippen LogP contribution in [-0.2, 0) is 21.2 Å². The molecule has 0 saturated carbocycles. The van der Waals surface area contributed by atoms with Crippen molar-refractivity contribution in [1.82, 2.24) is 14.4 Å². The minimum atomic E-state index is -3.70. The Morgan fingerprint density at radius 1 is 1.09 bits per heavy atom. The summed E-state index contributed by atoms with van der Waals surface area (Å²) in [4.78, 5) is 16.7. The normalized spacial score (nSPS) is 14.6. The molecule has 1 fully saturated rings. The molecule has 1 aromatic heterocycles. The molecule has 8 nitrogen and oxygen atoms in total. The van der Waals surface area contributed by atoms with E-state index in [0.29, 0.717) is 35.5 Å². The van der Waals surface area contributed by atoms with Crippen LogP contribution in [0.15, 0.2) is 51.9 Å². The van der Waals surface area contributed by atoms with Crippen LogP contribution in [0.3, 0.4) is 0 Å². The van der Waals surface area contributed by atoms with Gasteiger partial charge in [0.15, 0.2) is 0 Å². The molecule has 1 N–H and O–H groups in total. The standard InChI is InChI=1S/C21H20Cl2N4O4S/c22-15-5-3-14(4-6-15)21-25-20(31-26-21)10-9-19(28)24-16-7-8-17(23)18(13-16)32(29,30)27-11-1-2-12-27/h3-8,13H,1-2,9-12H2,(H,24,28). The summed E-state index contributed by atoms with van der Waals surface area (Å²) in [7, 11) is -3.70. The van der Waals surface area contributed by atoms with Crippen LogP contribution in [0.5, 0.6) is 0 Å². The number of hydrogen-bond acceptors (Lipinski definition) is 6. The van der Waals surface area contributed by atoms with E-state index in [1.165, 1.54) is 16.4 Å². The van der Waals surface area contributed by atoms with Crippen LogP contribution in [0, 0.1) is 0 Å². The molecule has 32 heavy (non-hydrogen) atoms. The minimum absolute atomic E-state index is 0.0108. The van der Waals surface area contributed by atoms with Crippen molar-refractivity contribution < 1.29 is 17.7 Å². The molecule has 0 unspecified atom stereocenters. The summed E-state index contributed by atoms with van der Waals surface area (Å²) in [6.07, 6.45) is 1.96. The van der Waals surface area contributed by atoms with Crippen molar-refractivity contribution in [3.05, 3.63) is 58.4 Å². The summed E-state index contributed by atoms with van der Waals surface area (Å²) in [5.41, 5.74) is 1.10. The van der Waals surface area contributed by atoms with Gasteiger partial charge in [-0.25, -0.2) is 8.42 Å². The lowest BCUT2D eigenvalue weighted by Gasteiger charge is -2.17. The first-order valence-electron chi connectivity index (χ1n) is 10.0. The first-order valence-corrected chi connectivity index (χ1v) is 12.2. The van der Waals surface area contributed by atoms with E-state index < -0.39 is 10.0 Å². The molecular formula is C21H20Cl2N4O4S. The third kappa shape index (κ3) is 5.12. The molecule has 11 heteroatoms. The number of sulfonamides is 1. The Morgan fingerprint density at radius 2 is 1.81 bits per heavy atom. The molecule has 2 heterocycles. The zero-order valence-electron chi connectivity index (χ0n) is 16.9. The van der Waals surface area contributed by atoms with E-state index in [1.807, 2.05) is 0 Å². The molecule has 1 aliphatic rings. The van der Waals surface area contributed by atoms with E-state index in [-0.39, 0.29) is 28.7 Å². The number of carbonyl (C=O) groups excluding carboxylic acids is 1. The molecule has 0 bridgehead atoms. The number of nitrogens with one attached hydrogen (secondary N) is 1. The molecule has 4 rings (SSSR count). The van der Waals surface area contributed by atoms with E-state index in [0.717, 1.165) is 18.4 Å². The predicted octanol–water partition coefficient (Wildman–Crippen LogP) is 4.40. The number of aryl methyl sites for hydroxylation is 1. The van der Waals surface area contributed by atoms with Gasteiger partial charge in [0.05, 0.1) is 5.02 Å². The highest BCUT2D eigenvalue weighted by Crippen LogP contribution is 2.29. The zero-order chi connectivity index (χ0) is 22.7. The van der Waals surface area contributed by atoms with Gasteiger partial charge in [0, 0.05) is 42.2 Å². The van der Waals surface area contributed by atoms with Gasteiger partial charge in [0.1, 0.15) is 4.90 Å². The lowest BCUT2D eigenvalue weighted by molar-refractivity contribution is -0.116. The molecule has 0 radical (unpaired) electrons. The maximum atomic E-state index is 12.8. The van der Waals surface area contributed by atoms with E-state index >= 15 is 0 Å². The summed E-state index contributed by atoms with van der Waals surface area (Å²) in [6.45, 7) is 0.939. The van der Waals surface area contributed by atoms with Crippen molar-refractivity contribution in [2.45, 2.75) is 30.6 Å². The number of benzene rings is 2. The highest BCUT2D eigenvalue weighted by molar-refractivity contribution is 7.89. The Labute approximate surface area is 195 Å². The number of carbonyl (C=O) groups is 1. The van der Waals surface area contributed by atoms with E-state index in [9.17, 15) is 13.2 Å². The molecule has 2 aromatic carbocycles. The Bertz CT molecular complexity index is 1220. The number of anilines is 1. The summed E-state index contributed by atoms with van der Waals surface area (Å²) in [6, 6.07) is 11.4. The van der Waals surface area contributed by atoms with Gasteiger partial charge in [-0.15, -0.1) is 0 Å². The fourth-order valence-corrected chi connectivity index (χ4v) is 5.51. The summed E-state index contributed by atoms with van der Waals surface area (Å²) in [5, 5.41) is 7.34. The molecule has 168 valence electrons. The molecule has 1 aliphatic heterocycles. The first kappa shape index (κ1) is 22.7. The van der Waals surface area contributed by atoms with Gasteiger partial charge in [0.25, 0.3) is 0 Å². The molecule has 0 spiro atoms. The molecule has 3 aromatic rings. The number of nitrogens with zero attached hydrogens (tertiary/aromatic N) is 3.